The zero-order chi connectivity index (χ0) is 14.5. The predicted octanol–water partition coefficient (Wildman–Crippen LogP) is 2.98. The van der Waals surface area contributed by atoms with Crippen molar-refractivity contribution < 1.29 is 19.2 Å². The lowest BCUT2D eigenvalue weighted by Crippen LogP contribution is -2.23. The van der Waals surface area contributed by atoms with E-state index in [9.17, 15) is 9.90 Å². The molecule has 0 aromatic carbocycles. The van der Waals surface area contributed by atoms with Gasteiger partial charge >= 0.3 is 5.97 Å². The van der Waals surface area contributed by atoms with Crippen LogP contribution in [0.25, 0.3) is 11.1 Å². The first-order chi connectivity index (χ1) is 9.35. The number of carboxylic acid groups (broad SMARTS) is 1. The number of aromatic nitrogens is 2. The van der Waals surface area contributed by atoms with Crippen molar-refractivity contribution in [3.8, 4) is 5.88 Å². The lowest BCUT2D eigenvalue weighted by atomic mass is 10.1. The number of rotatable bonds is 3. The number of carboxylic acids is 1. The molecule has 2 aromatic rings. The summed E-state index contributed by atoms with van der Waals surface area (Å²) in [6, 6.07) is 1.61. The number of carbonyl (C=O) groups is 1. The van der Waals surface area contributed by atoms with E-state index in [4.69, 9.17) is 9.26 Å². The van der Waals surface area contributed by atoms with Crippen LogP contribution in [0.5, 0.6) is 5.88 Å². The van der Waals surface area contributed by atoms with E-state index in [1.807, 2.05) is 20.8 Å². The minimum absolute atomic E-state index is 0.136. The van der Waals surface area contributed by atoms with Crippen LogP contribution < -0.4 is 4.74 Å². The second kappa shape index (κ2) is 4.19. The van der Waals surface area contributed by atoms with Crippen molar-refractivity contribution in [3.05, 3.63) is 17.3 Å². The van der Waals surface area contributed by atoms with Crippen LogP contribution in [0, 0.1) is 0 Å². The zero-order valence-corrected chi connectivity index (χ0v) is 11.6. The summed E-state index contributed by atoms with van der Waals surface area (Å²) in [6.07, 6.45) is 2.08. The van der Waals surface area contributed by atoms with E-state index in [0.717, 1.165) is 18.5 Å². The third-order valence-electron chi connectivity index (χ3n) is 3.06. The lowest BCUT2D eigenvalue weighted by Gasteiger charge is -2.18. The van der Waals surface area contributed by atoms with Crippen molar-refractivity contribution in [1.82, 2.24) is 10.1 Å². The van der Waals surface area contributed by atoms with Gasteiger partial charge in [0.25, 0.3) is 11.6 Å². The van der Waals surface area contributed by atoms with Crippen LogP contribution in [0.4, 0.5) is 0 Å². The van der Waals surface area contributed by atoms with E-state index in [-0.39, 0.29) is 17.2 Å². The molecule has 1 fully saturated rings. The van der Waals surface area contributed by atoms with Crippen LogP contribution in [0.15, 0.2) is 10.6 Å². The molecule has 1 aliphatic carbocycles. The molecule has 0 atom stereocenters. The normalized spacial score (nSPS) is 15.6. The fourth-order valence-corrected chi connectivity index (χ4v) is 2.06. The van der Waals surface area contributed by atoms with Gasteiger partial charge in [-0.1, -0.05) is 0 Å². The van der Waals surface area contributed by atoms with Gasteiger partial charge in [-0.3, -0.25) is 0 Å². The molecule has 1 aliphatic rings. The number of hydrogen-bond acceptors (Lipinski definition) is 5. The quantitative estimate of drug-likeness (QED) is 0.927. The maximum atomic E-state index is 11.5. The Balaban J connectivity index is 2.17. The minimum atomic E-state index is -1.03. The summed E-state index contributed by atoms with van der Waals surface area (Å²) in [5.74, 6) is -0.504. The highest BCUT2D eigenvalue weighted by atomic mass is 16.6. The summed E-state index contributed by atoms with van der Waals surface area (Å²) in [4.78, 5) is 15.8. The van der Waals surface area contributed by atoms with Crippen molar-refractivity contribution >= 4 is 17.1 Å². The Hall–Kier alpha value is -2.11. The summed E-state index contributed by atoms with van der Waals surface area (Å²) in [5.41, 5.74) is 0.631. The van der Waals surface area contributed by atoms with E-state index < -0.39 is 11.6 Å². The molecule has 6 nitrogen and oxygen atoms in total. The zero-order valence-electron chi connectivity index (χ0n) is 11.6. The summed E-state index contributed by atoms with van der Waals surface area (Å²) < 4.78 is 10.8. The molecule has 6 heteroatoms. The largest absolute Gasteiger partial charge is 0.478 e. The number of fused-ring (bicyclic) bond motifs is 1. The average molecular weight is 276 g/mol. The molecule has 0 spiro atoms. The molecular formula is C14H16N2O4. The topological polar surface area (TPSA) is 85.5 Å². The summed E-state index contributed by atoms with van der Waals surface area (Å²) in [5, 5.41) is 13.5. The van der Waals surface area contributed by atoms with Crippen LogP contribution >= 0.6 is 0 Å². The van der Waals surface area contributed by atoms with Gasteiger partial charge in [-0.15, -0.1) is 0 Å². The fraction of sp³-hybridized carbons (Fsp3) is 0.500. The summed E-state index contributed by atoms with van der Waals surface area (Å²) >= 11 is 0. The first-order valence-corrected chi connectivity index (χ1v) is 6.58. The molecule has 106 valence electrons. The summed E-state index contributed by atoms with van der Waals surface area (Å²) in [7, 11) is 0. The van der Waals surface area contributed by atoms with Gasteiger partial charge in [0.2, 0.25) is 0 Å². The van der Waals surface area contributed by atoms with Gasteiger partial charge in [-0.25, -0.2) is 9.78 Å². The number of aromatic carboxylic acids is 1. The van der Waals surface area contributed by atoms with Crippen LogP contribution in [0.3, 0.4) is 0 Å². The molecule has 3 rings (SSSR count). The standard InChI is InChI=1S/C14H16N2O4/c1-14(2,3)19-12-10-8(13(17)18)6-9(7-4-5-7)15-11(10)20-16-12/h6-7H,4-5H2,1-3H3,(H,17,18). The Morgan fingerprint density at radius 3 is 2.70 bits per heavy atom. The minimum Gasteiger partial charge on any atom is -0.478 e. The predicted molar refractivity (Wildman–Crippen MR) is 71.1 cm³/mol. The second-order valence-electron chi connectivity index (χ2n) is 6.06. The van der Waals surface area contributed by atoms with Crippen molar-refractivity contribution in [2.45, 2.75) is 45.1 Å². The molecule has 0 aliphatic heterocycles. The molecule has 1 N–H and O–H groups in total. The van der Waals surface area contributed by atoms with Gasteiger partial charge in [0, 0.05) is 11.6 Å². The number of ether oxygens (including phenoxy) is 1. The number of pyridine rings is 1. The SMILES string of the molecule is CC(C)(C)Oc1noc2nc(C3CC3)cc(C(=O)O)c12. The van der Waals surface area contributed by atoms with Gasteiger partial charge in [-0.2, -0.15) is 0 Å². The molecule has 1 saturated carbocycles. The molecule has 0 radical (unpaired) electrons. The maximum Gasteiger partial charge on any atom is 0.336 e. The lowest BCUT2D eigenvalue weighted by molar-refractivity contribution is 0.0697. The highest BCUT2D eigenvalue weighted by Gasteiger charge is 2.30. The Morgan fingerprint density at radius 2 is 2.15 bits per heavy atom. The van der Waals surface area contributed by atoms with Gasteiger partial charge in [0.05, 0.1) is 5.56 Å². The molecule has 20 heavy (non-hydrogen) atoms. The van der Waals surface area contributed by atoms with Crippen LogP contribution in [-0.2, 0) is 0 Å². The van der Waals surface area contributed by atoms with E-state index in [1.54, 1.807) is 6.07 Å². The average Bonchev–Trinajstić information content (AvgIpc) is 3.11. The Kier molecular flexibility index (Phi) is 2.70. The third kappa shape index (κ3) is 2.33. The third-order valence-corrected chi connectivity index (χ3v) is 3.06. The summed E-state index contributed by atoms with van der Waals surface area (Å²) in [6.45, 7) is 5.58. The second-order valence-corrected chi connectivity index (χ2v) is 6.06. The monoisotopic (exact) mass is 276 g/mol. The first-order valence-electron chi connectivity index (χ1n) is 6.58. The molecule has 0 amide bonds. The Labute approximate surface area is 115 Å². The van der Waals surface area contributed by atoms with Crippen LogP contribution in [0.2, 0.25) is 0 Å². The van der Waals surface area contributed by atoms with Crippen LogP contribution in [-0.4, -0.2) is 26.8 Å². The molecule has 0 saturated heterocycles. The molecule has 2 heterocycles. The molecule has 0 unspecified atom stereocenters. The molecule has 0 bridgehead atoms. The van der Waals surface area contributed by atoms with E-state index >= 15 is 0 Å². The fourth-order valence-electron chi connectivity index (χ4n) is 2.06. The highest BCUT2D eigenvalue weighted by molar-refractivity contribution is 6.03. The van der Waals surface area contributed by atoms with Gasteiger partial charge in [-0.05, 0) is 44.8 Å². The van der Waals surface area contributed by atoms with Gasteiger partial charge < -0.3 is 14.4 Å². The van der Waals surface area contributed by atoms with E-state index in [2.05, 4.69) is 10.1 Å². The number of hydrogen-bond donors (Lipinski definition) is 1. The Bertz CT molecular complexity index is 680. The molecule has 2 aromatic heterocycles. The van der Waals surface area contributed by atoms with Crippen LogP contribution in [0.1, 0.15) is 55.6 Å². The molecular weight excluding hydrogens is 260 g/mol. The first kappa shape index (κ1) is 12.9. The van der Waals surface area contributed by atoms with E-state index in [1.165, 1.54) is 0 Å². The Morgan fingerprint density at radius 1 is 1.45 bits per heavy atom. The van der Waals surface area contributed by atoms with Gasteiger partial charge in [0.1, 0.15) is 11.0 Å². The van der Waals surface area contributed by atoms with Crippen molar-refractivity contribution in [1.29, 1.82) is 0 Å². The number of nitrogens with zero attached hydrogens (tertiary/aromatic N) is 2. The van der Waals surface area contributed by atoms with Crippen molar-refractivity contribution in [2.24, 2.45) is 0 Å². The van der Waals surface area contributed by atoms with Crippen molar-refractivity contribution in [2.75, 3.05) is 0 Å². The smallest absolute Gasteiger partial charge is 0.336 e. The highest BCUT2D eigenvalue weighted by Crippen LogP contribution is 2.41. The van der Waals surface area contributed by atoms with Crippen molar-refractivity contribution in [3.63, 3.8) is 0 Å². The maximum absolute atomic E-state index is 11.5. The van der Waals surface area contributed by atoms with E-state index in [0.29, 0.717) is 11.3 Å². The van der Waals surface area contributed by atoms with Gasteiger partial charge in [0.15, 0.2) is 0 Å².